The largest absolute Gasteiger partial charge is 0.0804 e. The highest BCUT2D eigenvalue weighted by Crippen LogP contribution is 2.60. The van der Waals surface area contributed by atoms with Gasteiger partial charge in [-0.15, -0.1) is 0 Å². The molecule has 0 nitrogen and oxygen atoms in total. The summed E-state index contributed by atoms with van der Waals surface area (Å²) in [6, 6.07) is 32.7. The molecule has 0 heteroatoms. The Balaban J connectivity index is 1.77. The van der Waals surface area contributed by atoms with Crippen molar-refractivity contribution in [3.8, 4) is 11.1 Å². The number of fused-ring (bicyclic) bond motifs is 3. The molecule has 4 aromatic carbocycles. The Morgan fingerprint density at radius 2 is 1.03 bits per heavy atom. The molecule has 0 fully saturated rings. The lowest BCUT2D eigenvalue weighted by Gasteiger charge is -2.43. The standard InChI is InChI=1S/C35H32/c1-23-9-15-28(16-10-23)35(27-7-5-6-8-27,29-17-11-24(2)12-18-29)34-32-21-25(3)13-19-30(32)31-20-14-26(4)22-33(31)34/h5-7,9-22,34H,8H2,1-4H3. The van der Waals surface area contributed by atoms with Crippen molar-refractivity contribution in [1.82, 2.24) is 0 Å². The van der Waals surface area contributed by atoms with Gasteiger partial charge in [-0.3, -0.25) is 0 Å². The van der Waals surface area contributed by atoms with Crippen LogP contribution in [0.2, 0.25) is 0 Å². The molecule has 0 unspecified atom stereocenters. The predicted molar refractivity (Wildman–Crippen MR) is 148 cm³/mol. The topological polar surface area (TPSA) is 0 Å². The first kappa shape index (κ1) is 21.9. The van der Waals surface area contributed by atoms with Crippen LogP contribution in [0, 0.1) is 27.7 Å². The van der Waals surface area contributed by atoms with E-state index in [1.807, 2.05) is 0 Å². The second kappa shape index (κ2) is 8.24. The molecule has 4 aromatic rings. The number of benzene rings is 4. The number of hydrogen-bond acceptors (Lipinski definition) is 0. The molecule has 0 saturated carbocycles. The van der Waals surface area contributed by atoms with Gasteiger partial charge >= 0.3 is 0 Å². The number of rotatable bonds is 4. The van der Waals surface area contributed by atoms with Gasteiger partial charge in [-0.1, -0.05) is 131 Å². The second-order valence-electron chi connectivity index (χ2n) is 10.5. The van der Waals surface area contributed by atoms with Crippen LogP contribution in [0.15, 0.2) is 109 Å². The van der Waals surface area contributed by atoms with Crippen molar-refractivity contribution in [2.75, 3.05) is 0 Å². The Morgan fingerprint density at radius 3 is 1.46 bits per heavy atom. The van der Waals surface area contributed by atoms with Crippen LogP contribution in [0.1, 0.15) is 56.8 Å². The fraction of sp³-hybridized carbons (Fsp3) is 0.200. The molecule has 172 valence electrons. The van der Waals surface area contributed by atoms with Gasteiger partial charge in [0.2, 0.25) is 0 Å². The SMILES string of the molecule is Cc1ccc(C(C2=CC=CC2)(c2ccc(C)cc2)C2c3cc(C)ccc3-c3ccc(C)cc32)cc1. The van der Waals surface area contributed by atoms with Gasteiger partial charge in [-0.2, -0.15) is 0 Å². The average Bonchev–Trinajstić information content (AvgIpc) is 3.49. The van der Waals surface area contributed by atoms with Crippen LogP contribution >= 0.6 is 0 Å². The Labute approximate surface area is 209 Å². The Bertz CT molecular complexity index is 1380. The molecule has 0 heterocycles. The van der Waals surface area contributed by atoms with Gasteiger partial charge in [0.15, 0.2) is 0 Å². The van der Waals surface area contributed by atoms with Crippen molar-refractivity contribution in [2.45, 2.75) is 45.4 Å². The summed E-state index contributed by atoms with van der Waals surface area (Å²) in [5.41, 5.74) is 14.8. The van der Waals surface area contributed by atoms with Gasteiger partial charge in [0.05, 0.1) is 5.41 Å². The maximum Gasteiger partial charge on any atom is 0.0526 e. The van der Waals surface area contributed by atoms with Crippen LogP contribution in [0.3, 0.4) is 0 Å². The van der Waals surface area contributed by atoms with E-state index < -0.39 is 0 Å². The monoisotopic (exact) mass is 452 g/mol. The van der Waals surface area contributed by atoms with Crippen molar-refractivity contribution >= 4 is 0 Å². The van der Waals surface area contributed by atoms with Crippen molar-refractivity contribution in [3.63, 3.8) is 0 Å². The molecule has 2 aliphatic rings. The highest BCUT2D eigenvalue weighted by atomic mass is 14.5. The van der Waals surface area contributed by atoms with E-state index in [4.69, 9.17) is 0 Å². The van der Waals surface area contributed by atoms with Gasteiger partial charge < -0.3 is 0 Å². The van der Waals surface area contributed by atoms with Crippen molar-refractivity contribution in [3.05, 3.63) is 153 Å². The van der Waals surface area contributed by atoms with Gasteiger partial charge in [-0.25, -0.2) is 0 Å². The molecule has 6 rings (SSSR count). The number of aryl methyl sites for hydroxylation is 4. The zero-order valence-electron chi connectivity index (χ0n) is 21.1. The van der Waals surface area contributed by atoms with E-state index in [-0.39, 0.29) is 11.3 Å². The smallest absolute Gasteiger partial charge is 0.0526 e. The summed E-state index contributed by atoms with van der Waals surface area (Å²) in [5.74, 6) is 0.198. The lowest BCUT2D eigenvalue weighted by atomic mass is 9.58. The first-order valence-electron chi connectivity index (χ1n) is 12.7. The van der Waals surface area contributed by atoms with Gasteiger partial charge in [0, 0.05) is 5.92 Å². The lowest BCUT2D eigenvalue weighted by molar-refractivity contribution is 0.526. The fourth-order valence-corrected chi connectivity index (χ4v) is 6.40. The zero-order chi connectivity index (χ0) is 24.2. The Morgan fingerprint density at radius 1 is 0.571 bits per heavy atom. The van der Waals surface area contributed by atoms with Crippen LogP contribution in [-0.2, 0) is 5.41 Å². The summed E-state index contributed by atoms with van der Waals surface area (Å²) >= 11 is 0. The maximum absolute atomic E-state index is 2.44. The third-order valence-corrected chi connectivity index (χ3v) is 8.05. The summed E-state index contributed by atoms with van der Waals surface area (Å²) in [6.45, 7) is 8.81. The maximum atomic E-state index is 2.44. The summed E-state index contributed by atoms with van der Waals surface area (Å²) < 4.78 is 0. The summed E-state index contributed by atoms with van der Waals surface area (Å²) in [4.78, 5) is 0. The first-order chi connectivity index (χ1) is 17.0. The van der Waals surface area contributed by atoms with E-state index >= 15 is 0 Å². The third-order valence-electron chi connectivity index (χ3n) is 8.05. The van der Waals surface area contributed by atoms with E-state index in [1.165, 1.54) is 61.2 Å². The minimum atomic E-state index is -0.299. The van der Waals surface area contributed by atoms with Crippen molar-refractivity contribution in [1.29, 1.82) is 0 Å². The second-order valence-corrected chi connectivity index (χ2v) is 10.5. The normalized spacial score (nSPS) is 14.7. The lowest BCUT2D eigenvalue weighted by Crippen LogP contribution is -2.37. The quantitative estimate of drug-likeness (QED) is 0.290. The summed E-state index contributed by atoms with van der Waals surface area (Å²) in [7, 11) is 0. The fourth-order valence-electron chi connectivity index (χ4n) is 6.40. The van der Waals surface area contributed by atoms with Crippen LogP contribution in [0.5, 0.6) is 0 Å². The van der Waals surface area contributed by atoms with E-state index in [9.17, 15) is 0 Å². The average molecular weight is 453 g/mol. The third kappa shape index (κ3) is 3.35. The molecule has 0 atom stereocenters. The Kier molecular flexibility index (Phi) is 5.15. The highest BCUT2D eigenvalue weighted by molar-refractivity contribution is 5.82. The van der Waals surface area contributed by atoms with Gasteiger partial charge in [0.25, 0.3) is 0 Å². The Hall–Kier alpha value is -3.64. The van der Waals surface area contributed by atoms with Crippen LogP contribution < -0.4 is 0 Å². The predicted octanol–water partition coefficient (Wildman–Crippen LogP) is 8.91. The molecule has 0 spiro atoms. The van der Waals surface area contributed by atoms with E-state index in [1.54, 1.807) is 0 Å². The van der Waals surface area contributed by atoms with Crippen molar-refractivity contribution in [2.24, 2.45) is 0 Å². The van der Waals surface area contributed by atoms with Crippen LogP contribution in [0.4, 0.5) is 0 Å². The summed E-state index contributed by atoms with van der Waals surface area (Å²) in [6.07, 6.45) is 7.91. The molecule has 0 bridgehead atoms. The summed E-state index contributed by atoms with van der Waals surface area (Å²) in [5, 5.41) is 0. The van der Waals surface area contributed by atoms with Crippen molar-refractivity contribution < 1.29 is 0 Å². The molecular weight excluding hydrogens is 420 g/mol. The minimum absolute atomic E-state index is 0.198. The molecule has 0 radical (unpaired) electrons. The van der Waals surface area contributed by atoms with E-state index in [0.717, 1.165) is 6.42 Å². The first-order valence-corrected chi connectivity index (χ1v) is 12.7. The van der Waals surface area contributed by atoms with Crippen LogP contribution in [-0.4, -0.2) is 0 Å². The minimum Gasteiger partial charge on any atom is -0.0804 e. The highest BCUT2D eigenvalue weighted by Gasteiger charge is 2.50. The molecule has 2 aliphatic carbocycles. The molecule has 0 aromatic heterocycles. The number of allylic oxidation sites excluding steroid dienone is 4. The van der Waals surface area contributed by atoms with E-state index in [2.05, 4.69) is 131 Å². The zero-order valence-corrected chi connectivity index (χ0v) is 21.1. The molecular formula is C35H32. The molecule has 35 heavy (non-hydrogen) atoms. The van der Waals surface area contributed by atoms with Gasteiger partial charge in [0.1, 0.15) is 0 Å². The molecule has 0 N–H and O–H groups in total. The van der Waals surface area contributed by atoms with E-state index in [0.29, 0.717) is 0 Å². The molecule has 0 aliphatic heterocycles. The van der Waals surface area contributed by atoms with Crippen LogP contribution in [0.25, 0.3) is 11.1 Å². The molecule has 0 saturated heterocycles. The van der Waals surface area contributed by atoms with Gasteiger partial charge in [-0.05, 0) is 67.5 Å². The molecule has 0 amide bonds. The number of hydrogen-bond donors (Lipinski definition) is 0.